The lowest BCUT2D eigenvalue weighted by atomic mass is 9.80. The number of amides is 1. The summed E-state index contributed by atoms with van der Waals surface area (Å²) < 4.78 is 0. The molecule has 1 aromatic carbocycles. The van der Waals surface area contributed by atoms with Crippen molar-refractivity contribution >= 4 is 41.7 Å². The highest BCUT2D eigenvalue weighted by molar-refractivity contribution is 7.99. The number of unbranched alkanes of at least 4 members (excludes halogenated alkanes) is 1. The zero-order chi connectivity index (χ0) is 16.4. The van der Waals surface area contributed by atoms with Crippen molar-refractivity contribution in [3.63, 3.8) is 0 Å². The SMILES string of the molecule is CC(=O)CCCCSCCC(=O)Nc1cccc(B(O)O)c1. The first-order valence-electron chi connectivity index (χ1n) is 7.32. The van der Waals surface area contributed by atoms with Crippen molar-refractivity contribution in [2.24, 2.45) is 0 Å². The number of hydrogen-bond donors (Lipinski definition) is 3. The van der Waals surface area contributed by atoms with E-state index in [-0.39, 0.29) is 11.7 Å². The molecule has 0 saturated heterocycles. The second kappa shape index (κ2) is 10.4. The number of hydrogen-bond acceptors (Lipinski definition) is 5. The van der Waals surface area contributed by atoms with Gasteiger partial charge in [-0.15, -0.1) is 0 Å². The molecule has 0 saturated carbocycles. The number of benzene rings is 1. The quantitative estimate of drug-likeness (QED) is 0.445. The Kier molecular flexibility index (Phi) is 8.88. The molecule has 0 aromatic heterocycles. The van der Waals surface area contributed by atoms with Gasteiger partial charge in [0.15, 0.2) is 0 Å². The number of carbonyl (C=O) groups excluding carboxylic acids is 2. The van der Waals surface area contributed by atoms with Crippen LogP contribution < -0.4 is 10.8 Å². The van der Waals surface area contributed by atoms with Gasteiger partial charge in [0.25, 0.3) is 0 Å². The van der Waals surface area contributed by atoms with Gasteiger partial charge >= 0.3 is 7.12 Å². The smallest absolute Gasteiger partial charge is 0.423 e. The summed E-state index contributed by atoms with van der Waals surface area (Å²) in [5.74, 6) is 1.81. The lowest BCUT2D eigenvalue weighted by Crippen LogP contribution is -2.30. The van der Waals surface area contributed by atoms with Crippen molar-refractivity contribution in [2.75, 3.05) is 16.8 Å². The monoisotopic (exact) mass is 323 g/mol. The maximum absolute atomic E-state index is 11.8. The third kappa shape index (κ3) is 8.21. The minimum Gasteiger partial charge on any atom is -0.423 e. The Labute approximate surface area is 135 Å². The second-order valence-electron chi connectivity index (χ2n) is 5.07. The average Bonchev–Trinajstić information content (AvgIpc) is 2.46. The number of rotatable bonds is 10. The summed E-state index contributed by atoms with van der Waals surface area (Å²) in [5.41, 5.74) is 0.903. The van der Waals surface area contributed by atoms with Crippen LogP contribution in [-0.4, -0.2) is 40.4 Å². The Bertz CT molecular complexity index is 496. The standard InChI is InChI=1S/C15H22BNO4S/c1-12(18)5-2-3-9-22-10-8-15(19)17-14-7-4-6-13(11-14)16(20)21/h4,6-7,11,20-21H,2-3,5,8-10H2,1H3,(H,17,19). The van der Waals surface area contributed by atoms with E-state index in [1.165, 1.54) is 6.07 Å². The Balaban J connectivity index is 2.18. The van der Waals surface area contributed by atoms with E-state index in [0.717, 1.165) is 24.3 Å². The molecular weight excluding hydrogens is 301 g/mol. The molecule has 3 N–H and O–H groups in total. The van der Waals surface area contributed by atoms with Gasteiger partial charge in [0.05, 0.1) is 0 Å². The first-order valence-corrected chi connectivity index (χ1v) is 8.47. The fourth-order valence-electron chi connectivity index (χ4n) is 1.85. The molecule has 0 spiro atoms. The molecule has 0 heterocycles. The van der Waals surface area contributed by atoms with E-state index in [1.807, 2.05) is 0 Å². The fraction of sp³-hybridized carbons (Fsp3) is 0.467. The van der Waals surface area contributed by atoms with Crippen molar-refractivity contribution < 1.29 is 19.6 Å². The van der Waals surface area contributed by atoms with Crippen LogP contribution in [0.25, 0.3) is 0 Å². The molecule has 120 valence electrons. The number of nitrogens with one attached hydrogen (secondary N) is 1. The normalized spacial score (nSPS) is 10.3. The predicted molar refractivity (Wildman–Crippen MR) is 91.4 cm³/mol. The maximum Gasteiger partial charge on any atom is 0.488 e. The molecule has 1 amide bonds. The van der Waals surface area contributed by atoms with E-state index in [0.29, 0.717) is 24.0 Å². The van der Waals surface area contributed by atoms with Crippen LogP contribution in [0, 0.1) is 0 Å². The Morgan fingerprint density at radius 2 is 1.95 bits per heavy atom. The number of carbonyl (C=O) groups is 2. The Hall–Kier alpha value is -1.31. The van der Waals surface area contributed by atoms with Crippen LogP contribution in [0.3, 0.4) is 0 Å². The van der Waals surface area contributed by atoms with Crippen LogP contribution in [0.15, 0.2) is 24.3 Å². The van der Waals surface area contributed by atoms with E-state index in [1.54, 1.807) is 36.9 Å². The van der Waals surface area contributed by atoms with Crippen molar-refractivity contribution in [2.45, 2.75) is 32.6 Å². The molecule has 0 fully saturated rings. The molecular formula is C15H22BNO4S. The van der Waals surface area contributed by atoms with Crippen LogP contribution in [-0.2, 0) is 9.59 Å². The molecule has 0 bridgehead atoms. The largest absolute Gasteiger partial charge is 0.488 e. The molecule has 0 atom stereocenters. The van der Waals surface area contributed by atoms with Crippen molar-refractivity contribution in [1.29, 1.82) is 0 Å². The fourth-order valence-corrected chi connectivity index (χ4v) is 2.79. The van der Waals surface area contributed by atoms with Crippen LogP contribution in [0.4, 0.5) is 5.69 Å². The van der Waals surface area contributed by atoms with Crippen molar-refractivity contribution in [3.8, 4) is 0 Å². The zero-order valence-corrected chi connectivity index (χ0v) is 13.6. The molecule has 22 heavy (non-hydrogen) atoms. The number of ketones is 1. The first kappa shape index (κ1) is 18.7. The van der Waals surface area contributed by atoms with Crippen molar-refractivity contribution in [3.05, 3.63) is 24.3 Å². The minimum absolute atomic E-state index is 0.0965. The third-order valence-corrected chi connectivity index (χ3v) is 4.08. The van der Waals surface area contributed by atoms with Gasteiger partial charge in [-0.2, -0.15) is 11.8 Å². The van der Waals surface area contributed by atoms with Gasteiger partial charge in [0.1, 0.15) is 5.78 Å². The van der Waals surface area contributed by atoms with Gasteiger partial charge in [0.2, 0.25) is 5.91 Å². The van der Waals surface area contributed by atoms with E-state index in [2.05, 4.69) is 5.32 Å². The number of Topliss-reactive ketones (excluding diaryl/α,β-unsaturated/α-hetero) is 1. The third-order valence-electron chi connectivity index (χ3n) is 3.01. The zero-order valence-electron chi connectivity index (χ0n) is 12.7. The Morgan fingerprint density at radius 3 is 2.64 bits per heavy atom. The van der Waals surface area contributed by atoms with Crippen LogP contribution >= 0.6 is 11.8 Å². The lowest BCUT2D eigenvalue weighted by molar-refractivity contribution is -0.117. The molecule has 0 unspecified atom stereocenters. The molecule has 7 heteroatoms. The van der Waals surface area contributed by atoms with Crippen molar-refractivity contribution in [1.82, 2.24) is 0 Å². The topological polar surface area (TPSA) is 86.6 Å². The van der Waals surface area contributed by atoms with Gasteiger partial charge in [0, 0.05) is 24.3 Å². The molecule has 0 radical (unpaired) electrons. The van der Waals surface area contributed by atoms with Gasteiger partial charge in [-0.05, 0) is 43.1 Å². The van der Waals surface area contributed by atoms with Gasteiger partial charge < -0.3 is 20.2 Å². The summed E-state index contributed by atoms with van der Waals surface area (Å²) in [5, 5.41) is 20.9. The molecule has 0 aliphatic rings. The van der Waals surface area contributed by atoms with Gasteiger partial charge in [-0.3, -0.25) is 4.79 Å². The highest BCUT2D eigenvalue weighted by Gasteiger charge is 2.11. The average molecular weight is 323 g/mol. The van der Waals surface area contributed by atoms with Crippen LogP contribution in [0.1, 0.15) is 32.6 Å². The lowest BCUT2D eigenvalue weighted by Gasteiger charge is -2.07. The summed E-state index contributed by atoms with van der Waals surface area (Å²) >= 11 is 1.70. The summed E-state index contributed by atoms with van der Waals surface area (Å²) in [4.78, 5) is 22.5. The minimum atomic E-state index is -1.54. The van der Waals surface area contributed by atoms with E-state index in [4.69, 9.17) is 10.0 Å². The van der Waals surface area contributed by atoms with Gasteiger partial charge in [-0.1, -0.05) is 12.1 Å². The second-order valence-corrected chi connectivity index (χ2v) is 6.29. The maximum atomic E-state index is 11.8. The Morgan fingerprint density at radius 1 is 1.18 bits per heavy atom. The van der Waals surface area contributed by atoms with Crippen LogP contribution in [0.2, 0.25) is 0 Å². The van der Waals surface area contributed by atoms with E-state index < -0.39 is 7.12 Å². The van der Waals surface area contributed by atoms with E-state index in [9.17, 15) is 9.59 Å². The first-order chi connectivity index (χ1) is 10.5. The summed E-state index contributed by atoms with van der Waals surface area (Å²) in [6, 6.07) is 6.49. The number of anilines is 1. The molecule has 5 nitrogen and oxygen atoms in total. The number of thioether (sulfide) groups is 1. The highest BCUT2D eigenvalue weighted by atomic mass is 32.2. The molecule has 1 aromatic rings. The highest BCUT2D eigenvalue weighted by Crippen LogP contribution is 2.10. The van der Waals surface area contributed by atoms with Gasteiger partial charge in [-0.25, -0.2) is 0 Å². The predicted octanol–water partition coefficient (Wildman–Crippen LogP) is 1.19. The molecule has 0 aliphatic carbocycles. The molecule has 1 rings (SSSR count). The van der Waals surface area contributed by atoms with E-state index >= 15 is 0 Å². The summed E-state index contributed by atoms with van der Waals surface area (Å²) in [7, 11) is -1.54. The summed E-state index contributed by atoms with van der Waals surface area (Å²) in [6.45, 7) is 1.60. The van der Waals surface area contributed by atoms with Crippen LogP contribution in [0.5, 0.6) is 0 Å². The molecule has 0 aliphatic heterocycles. The summed E-state index contributed by atoms with van der Waals surface area (Å²) in [6.07, 6.45) is 2.94.